The Morgan fingerprint density at radius 2 is 2.09 bits per heavy atom. The van der Waals surface area contributed by atoms with Crippen LogP contribution in [0.25, 0.3) is 0 Å². The van der Waals surface area contributed by atoms with Crippen LogP contribution in [0.3, 0.4) is 0 Å². The lowest BCUT2D eigenvalue weighted by molar-refractivity contribution is -0.130. The van der Waals surface area contributed by atoms with E-state index in [0.717, 1.165) is 36.5 Å². The molecule has 1 aromatic carbocycles. The summed E-state index contributed by atoms with van der Waals surface area (Å²) in [6.07, 6.45) is 4.31. The average molecular weight is 475 g/mol. The van der Waals surface area contributed by atoms with Crippen molar-refractivity contribution < 1.29 is 14.3 Å². The molecule has 0 radical (unpaired) electrons. The zero-order valence-corrected chi connectivity index (χ0v) is 20.0. The highest BCUT2D eigenvalue weighted by Gasteiger charge is 2.26. The van der Waals surface area contributed by atoms with Crippen molar-refractivity contribution in [2.75, 3.05) is 42.7 Å². The fourth-order valence-electron chi connectivity index (χ4n) is 3.90. The average Bonchev–Trinajstić information content (AvgIpc) is 2.83. The van der Waals surface area contributed by atoms with Gasteiger partial charge < -0.3 is 25.6 Å². The molecule has 9 nitrogen and oxygen atoms in total. The first-order valence-corrected chi connectivity index (χ1v) is 11.7. The SMILES string of the molecule is CC.COc1cc(Cl)cc(NCC(=O)N2CCCC(Nc3ncnc4c3CCC(=O)N4)C2)c1. The van der Waals surface area contributed by atoms with E-state index in [1.54, 1.807) is 25.3 Å². The Balaban J connectivity index is 0.00000149. The van der Waals surface area contributed by atoms with E-state index in [1.807, 2.05) is 18.7 Å². The first-order chi connectivity index (χ1) is 16.0. The third-order valence-electron chi connectivity index (χ3n) is 5.47. The zero-order chi connectivity index (χ0) is 23.8. The smallest absolute Gasteiger partial charge is 0.241 e. The topological polar surface area (TPSA) is 108 Å². The van der Waals surface area contributed by atoms with Gasteiger partial charge in [-0.2, -0.15) is 0 Å². The van der Waals surface area contributed by atoms with E-state index in [1.165, 1.54) is 6.33 Å². The molecule has 0 bridgehead atoms. The van der Waals surface area contributed by atoms with Crippen LogP contribution in [0.4, 0.5) is 17.3 Å². The van der Waals surface area contributed by atoms with Crippen LogP contribution in [0.2, 0.25) is 5.02 Å². The minimum Gasteiger partial charge on any atom is -0.497 e. The molecule has 4 rings (SSSR count). The number of halogens is 1. The summed E-state index contributed by atoms with van der Waals surface area (Å²) >= 11 is 6.09. The minimum absolute atomic E-state index is 0.0161. The molecule has 0 spiro atoms. The number of hydrogen-bond donors (Lipinski definition) is 3. The van der Waals surface area contributed by atoms with Crippen LogP contribution in [0.15, 0.2) is 24.5 Å². The molecule has 2 aliphatic rings. The first-order valence-electron chi connectivity index (χ1n) is 11.3. The van der Waals surface area contributed by atoms with Crippen LogP contribution in [0.5, 0.6) is 5.75 Å². The molecule has 2 aromatic rings. The number of fused-ring (bicyclic) bond motifs is 1. The van der Waals surface area contributed by atoms with E-state index in [2.05, 4.69) is 25.9 Å². The van der Waals surface area contributed by atoms with Gasteiger partial charge in [-0.3, -0.25) is 9.59 Å². The summed E-state index contributed by atoms with van der Waals surface area (Å²) < 4.78 is 5.21. The molecule has 0 aliphatic carbocycles. The van der Waals surface area contributed by atoms with Crippen LogP contribution < -0.4 is 20.7 Å². The highest BCUT2D eigenvalue weighted by Crippen LogP contribution is 2.27. The highest BCUT2D eigenvalue weighted by molar-refractivity contribution is 6.31. The number of rotatable bonds is 6. The zero-order valence-electron chi connectivity index (χ0n) is 19.3. The van der Waals surface area contributed by atoms with Crippen LogP contribution in [0.1, 0.15) is 38.7 Å². The lowest BCUT2D eigenvalue weighted by Crippen LogP contribution is -2.47. The maximum atomic E-state index is 12.8. The lowest BCUT2D eigenvalue weighted by Gasteiger charge is -2.34. The van der Waals surface area contributed by atoms with Gasteiger partial charge in [0.25, 0.3) is 0 Å². The number of piperidine rings is 1. The second kappa shape index (κ2) is 11.7. The maximum absolute atomic E-state index is 12.8. The molecule has 1 saturated heterocycles. The quantitative estimate of drug-likeness (QED) is 0.587. The number of amides is 2. The van der Waals surface area contributed by atoms with Gasteiger partial charge in [0.1, 0.15) is 23.7 Å². The van der Waals surface area contributed by atoms with Crippen molar-refractivity contribution in [3.05, 3.63) is 35.1 Å². The number of carbonyl (C=O) groups is 2. The van der Waals surface area contributed by atoms with Crippen LogP contribution in [-0.2, 0) is 16.0 Å². The predicted molar refractivity (Wildman–Crippen MR) is 130 cm³/mol. The van der Waals surface area contributed by atoms with Gasteiger partial charge in [-0.25, -0.2) is 9.97 Å². The summed E-state index contributed by atoms with van der Waals surface area (Å²) in [4.78, 5) is 34.8. The Labute approximate surface area is 199 Å². The van der Waals surface area contributed by atoms with Gasteiger partial charge in [0, 0.05) is 47.9 Å². The molecule has 1 atom stereocenters. The van der Waals surface area contributed by atoms with Gasteiger partial charge in [0.2, 0.25) is 11.8 Å². The van der Waals surface area contributed by atoms with Crippen molar-refractivity contribution in [3.63, 3.8) is 0 Å². The van der Waals surface area contributed by atoms with Crippen molar-refractivity contribution >= 4 is 40.7 Å². The summed E-state index contributed by atoms with van der Waals surface area (Å²) in [5.74, 6) is 1.92. The standard InChI is InChI=1S/C21H25ClN6O3.C2H6/c1-31-16-8-13(22)7-15(9-16)23-10-19(30)28-6-2-3-14(11-28)26-20-17-4-5-18(29)27-21(17)25-12-24-20;1-2/h7-9,12,14,23H,2-6,10-11H2,1H3,(H2,24,25,26,27,29);1-2H3. The summed E-state index contributed by atoms with van der Waals surface area (Å²) in [7, 11) is 1.57. The van der Waals surface area contributed by atoms with Gasteiger partial charge in [-0.05, 0) is 31.4 Å². The molecule has 2 aliphatic heterocycles. The molecule has 1 aromatic heterocycles. The van der Waals surface area contributed by atoms with E-state index in [9.17, 15) is 9.59 Å². The fraction of sp³-hybridized carbons (Fsp3) is 0.478. The molecular weight excluding hydrogens is 444 g/mol. The third-order valence-corrected chi connectivity index (χ3v) is 5.69. The summed E-state index contributed by atoms with van der Waals surface area (Å²) in [5, 5.41) is 9.91. The predicted octanol–water partition coefficient (Wildman–Crippen LogP) is 3.56. The molecular formula is C23H31ClN6O3. The Kier molecular flexibility index (Phi) is 8.71. The number of ether oxygens (including phenoxy) is 1. The number of nitrogens with one attached hydrogen (secondary N) is 3. The number of anilines is 3. The van der Waals surface area contributed by atoms with Crippen LogP contribution in [-0.4, -0.2) is 59.5 Å². The van der Waals surface area contributed by atoms with Gasteiger partial charge in [0.05, 0.1) is 13.7 Å². The number of carbonyl (C=O) groups excluding carboxylic acids is 2. The van der Waals surface area contributed by atoms with Crippen molar-refractivity contribution in [3.8, 4) is 5.75 Å². The minimum atomic E-state index is -0.0311. The Morgan fingerprint density at radius 3 is 2.88 bits per heavy atom. The number of nitrogens with zero attached hydrogens (tertiary/aromatic N) is 3. The molecule has 178 valence electrons. The fourth-order valence-corrected chi connectivity index (χ4v) is 4.13. The summed E-state index contributed by atoms with van der Waals surface area (Å²) in [6, 6.07) is 5.36. The highest BCUT2D eigenvalue weighted by atomic mass is 35.5. The Hall–Kier alpha value is -3.07. The number of likely N-dealkylation sites (tertiary alicyclic amines) is 1. The van der Waals surface area contributed by atoms with Crippen LogP contribution in [0, 0.1) is 0 Å². The van der Waals surface area contributed by atoms with E-state index in [4.69, 9.17) is 16.3 Å². The molecule has 3 N–H and O–H groups in total. The lowest BCUT2D eigenvalue weighted by atomic mass is 10.0. The molecule has 1 unspecified atom stereocenters. The second-order valence-electron chi connectivity index (χ2n) is 7.65. The van der Waals surface area contributed by atoms with Gasteiger partial charge in [-0.1, -0.05) is 25.4 Å². The largest absolute Gasteiger partial charge is 0.497 e. The van der Waals surface area contributed by atoms with Gasteiger partial charge in [0.15, 0.2) is 0 Å². The summed E-state index contributed by atoms with van der Waals surface area (Å²) in [6.45, 7) is 5.48. The van der Waals surface area contributed by atoms with Crippen LogP contribution >= 0.6 is 11.6 Å². The first kappa shape index (κ1) is 24.6. The normalized spacial score (nSPS) is 17.2. The second-order valence-corrected chi connectivity index (χ2v) is 8.09. The number of methoxy groups -OCH3 is 1. The number of aromatic nitrogens is 2. The van der Waals surface area contributed by atoms with E-state index >= 15 is 0 Å². The molecule has 1 fully saturated rings. The third kappa shape index (κ3) is 6.47. The van der Waals surface area contributed by atoms with Crippen molar-refractivity contribution in [2.24, 2.45) is 0 Å². The summed E-state index contributed by atoms with van der Waals surface area (Å²) in [5.41, 5.74) is 1.65. The van der Waals surface area contributed by atoms with Crippen molar-refractivity contribution in [1.29, 1.82) is 0 Å². The van der Waals surface area contributed by atoms with E-state index in [0.29, 0.717) is 36.0 Å². The van der Waals surface area contributed by atoms with Gasteiger partial charge in [-0.15, -0.1) is 0 Å². The Morgan fingerprint density at radius 1 is 1.27 bits per heavy atom. The molecule has 2 amide bonds. The van der Waals surface area contributed by atoms with Gasteiger partial charge >= 0.3 is 0 Å². The van der Waals surface area contributed by atoms with Crippen molar-refractivity contribution in [1.82, 2.24) is 14.9 Å². The number of hydrogen-bond acceptors (Lipinski definition) is 7. The molecule has 10 heteroatoms. The maximum Gasteiger partial charge on any atom is 0.241 e. The monoisotopic (exact) mass is 474 g/mol. The Bertz CT molecular complexity index is 987. The number of benzene rings is 1. The molecule has 3 heterocycles. The molecule has 33 heavy (non-hydrogen) atoms. The molecule has 0 saturated carbocycles. The van der Waals surface area contributed by atoms with E-state index in [-0.39, 0.29) is 24.4 Å². The van der Waals surface area contributed by atoms with E-state index < -0.39 is 0 Å². The van der Waals surface area contributed by atoms with Crippen molar-refractivity contribution in [2.45, 2.75) is 45.6 Å².